The van der Waals surface area contributed by atoms with Crippen molar-refractivity contribution in [1.29, 1.82) is 0 Å². The molecule has 2 fully saturated rings. The minimum atomic E-state index is 0.145. The smallest absolute Gasteiger partial charge is 0.0576 e. The molecule has 3 N–H and O–H groups in total. The van der Waals surface area contributed by atoms with Crippen molar-refractivity contribution in [2.75, 3.05) is 19.7 Å². The van der Waals surface area contributed by atoms with Gasteiger partial charge in [0.25, 0.3) is 0 Å². The molecule has 2 atom stereocenters. The quantitative estimate of drug-likeness (QED) is 0.556. The van der Waals surface area contributed by atoms with E-state index in [2.05, 4.69) is 24.2 Å². The Labute approximate surface area is 124 Å². The molecular weight excluding hydrogens is 250 g/mol. The lowest BCUT2D eigenvalue weighted by Crippen LogP contribution is -2.60. The molecule has 2 saturated heterocycles. The van der Waals surface area contributed by atoms with Gasteiger partial charge in [0, 0.05) is 18.2 Å². The average molecular weight is 283 g/mol. The fraction of sp³-hybridized carbons (Fsp3) is 1.00. The highest BCUT2D eigenvalue weighted by molar-refractivity contribution is 4.93. The van der Waals surface area contributed by atoms with E-state index in [0.717, 1.165) is 13.0 Å². The highest BCUT2D eigenvalue weighted by Gasteiger charge is 2.35. The van der Waals surface area contributed by atoms with E-state index >= 15 is 0 Å². The van der Waals surface area contributed by atoms with Crippen LogP contribution in [0.15, 0.2) is 0 Å². The second kappa shape index (κ2) is 7.74. The molecule has 0 saturated carbocycles. The van der Waals surface area contributed by atoms with Crippen molar-refractivity contribution < 1.29 is 4.74 Å². The Hall–Kier alpha value is -0.160. The third-order valence-electron chi connectivity index (χ3n) is 5.27. The predicted molar refractivity (Wildman–Crippen MR) is 83.4 cm³/mol. The summed E-state index contributed by atoms with van der Waals surface area (Å²) in [4.78, 5) is 2.62. The molecule has 0 spiro atoms. The first kappa shape index (κ1) is 16.2. The molecule has 4 heteroatoms. The van der Waals surface area contributed by atoms with Crippen molar-refractivity contribution in [3.63, 3.8) is 0 Å². The zero-order valence-corrected chi connectivity index (χ0v) is 13.4. The van der Waals surface area contributed by atoms with Gasteiger partial charge in [-0.15, -0.1) is 0 Å². The van der Waals surface area contributed by atoms with Crippen LogP contribution in [0, 0.1) is 0 Å². The van der Waals surface area contributed by atoms with Gasteiger partial charge in [-0.05, 0) is 71.9 Å². The van der Waals surface area contributed by atoms with Crippen molar-refractivity contribution in [1.82, 2.24) is 10.3 Å². The van der Waals surface area contributed by atoms with Crippen LogP contribution in [0.1, 0.15) is 65.2 Å². The molecule has 2 rings (SSSR count). The summed E-state index contributed by atoms with van der Waals surface area (Å²) < 4.78 is 5.71. The van der Waals surface area contributed by atoms with Crippen molar-refractivity contribution >= 4 is 0 Å². The molecule has 2 aliphatic heterocycles. The standard InChI is InChI=1S/C16H33N3O/c1-16(2,19-11-4-3-5-12-19)15(18-17)10-6-8-14-9-7-13-20-14/h14-15,18H,3-13,17H2,1-2H3. The number of hydrogen-bond donors (Lipinski definition) is 2. The summed E-state index contributed by atoms with van der Waals surface area (Å²) in [5.74, 6) is 5.85. The number of piperidine rings is 1. The number of nitrogens with zero attached hydrogens (tertiary/aromatic N) is 1. The van der Waals surface area contributed by atoms with Gasteiger partial charge in [-0.2, -0.15) is 0 Å². The molecule has 0 aromatic rings. The molecule has 2 heterocycles. The molecule has 0 aliphatic carbocycles. The van der Waals surface area contributed by atoms with Crippen molar-refractivity contribution in [2.45, 2.75) is 82.9 Å². The normalized spacial score (nSPS) is 26.9. The number of ether oxygens (including phenoxy) is 1. The first-order valence-corrected chi connectivity index (χ1v) is 8.47. The Balaban J connectivity index is 1.78. The van der Waals surface area contributed by atoms with Crippen LogP contribution < -0.4 is 11.3 Å². The van der Waals surface area contributed by atoms with Crippen LogP contribution in [0.3, 0.4) is 0 Å². The lowest BCUT2D eigenvalue weighted by Gasteiger charge is -2.46. The number of hydrazine groups is 1. The zero-order chi connectivity index (χ0) is 14.4. The zero-order valence-electron chi connectivity index (χ0n) is 13.4. The van der Waals surface area contributed by atoms with Crippen molar-refractivity contribution in [3.05, 3.63) is 0 Å². The Morgan fingerprint density at radius 1 is 1.25 bits per heavy atom. The lowest BCUT2D eigenvalue weighted by molar-refractivity contribution is 0.0538. The topological polar surface area (TPSA) is 50.5 Å². The van der Waals surface area contributed by atoms with Crippen LogP contribution in [0.5, 0.6) is 0 Å². The van der Waals surface area contributed by atoms with Crippen molar-refractivity contribution in [2.24, 2.45) is 5.84 Å². The molecule has 118 valence electrons. The molecular formula is C16H33N3O. The Morgan fingerprint density at radius 2 is 2.00 bits per heavy atom. The SMILES string of the molecule is CC(C)(C(CCCC1CCCO1)NN)N1CCCCC1. The highest BCUT2D eigenvalue weighted by Crippen LogP contribution is 2.27. The van der Waals surface area contributed by atoms with Gasteiger partial charge >= 0.3 is 0 Å². The number of nitrogens with two attached hydrogens (primary N) is 1. The summed E-state index contributed by atoms with van der Waals surface area (Å²) in [5, 5.41) is 0. The summed E-state index contributed by atoms with van der Waals surface area (Å²) in [7, 11) is 0. The number of likely N-dealkylation sites (tertiary alicyclic amines) is 1. The summed E-state index contributed by atoms with van der Waals surface area (Å²) in [6.45, 7) is 8.08. The van der Waals surface area contributed by atoms with E-state index in [0.29, 0.717) is 12.1 Å². The van der Waals surface area contributed by atoms with Crippen LogP contribution in [-0.2, 0) is 4.74 Å². The minimum absolute atomic E-state index is 0.145. The molecule has 2 aliphatic rings. The second-order valence-electron chi connectivity index (χ2n) is 6.99. The van der Waals surface area contributed by atoms with E-state index in [4.69, 9.17) is 10.6 Å². The molecule has 0 aromatic heterocycles. The molecule has 0 bridgehead atoms. The van der Waals surface area contributed by atoms with Gasteiger partial charge in [0.2, 0.25) is 0 Å². The number of nitrogens with one attached hydrogen (secondary N) is 1. The van der Waals surface area contributed by atoms with E-state index in [-0.39, 0.29) is 5.54 Å². The lowest BCUT2D eigenvalue weighted by atomic mass is 9.87. The second-order valence-corrected chi connectivity index (χ2v) is 6.99. The molecule has 2 unspecified atom stereocenters. The Morgan fingerprint density at radius 3 is 2.60 bits per heavy atom. The monoisotopic (exact) mass is 283 g/mol. The summed E-state index contributed by atoms with van der Waals surface area (Å²) in [6.07, 6.45) is 10.6. The molecule has 20 heavy (non-hydrogen) atoms. The van der Waals surface area contributed by atoms with Gasteiger partial charge in [0.1, 0.15) is 0 Å². The highest BCUT2D eigenvalue weighted by atomic mass is 16.5. The number of hydrogen-bond acceptors (Lipinski definition) is 4. The van der Waals surface area contributed by atoms with Crippen LogP contribution >= 0.6 is 0 Å². The fourth-order valence-corrected chi connectivity index (χ4v) is 3.75. The van der Waals surface area contributed by atoms with Gasteiger partial charge in [-0.1, -0.05) is 6.42 Å². The summed E-state index contributed by atoms with van der Waals surface area (Å²) in [5.41, 5.74) is 3.23. The van der Waals surface area contributed by atoms with E-state index in [1.54, 1.807) is 0 Å². The molecule has 0 amide bonds. The van der Waals surface area contributed by atoms with E-state index in [1.165, 1.54) is 58.0 Å². The predicted octanol–water partition coefficient (Wildman–Crippen LogP) is 2.43. The third kappa shape index (κ3) is 4.17. The first-order valence-electron chi connectivity index (χ1n) is 8.47. The van der Waals surface area contributed by atoms with Gasteiger partial charge in [-0.3, -0.25) is 16.2 Å². The first-order chi connectivity index (χ1) is 9.64. The van der Waals surface area contributed by atoms with E-state index < -0.39 is 0 Å². The Kier molecular flexibility index (Phi) is 6.27. The van der Waals surface area contributed by atoms with Crippen LogP contribution in [-0.4, -0.2) is 42.3 Å². The van der Waals surface area contributed by atoms with Crippen LogP contribution in [0.4, 0.5) is 0 Å². The summed E-state index contributed by atoms with van der Waals surface area (Å²) in [6, 6.07) is 0.363. The number of rotatable bonds is 7. The maximum absolute atomic E-state index is 5.85. The van der Waals surface area contributed by atoms with E-state index in [9.17, 15) is 0 Å². The van der Waals surface area contributed by atoms with Crippen molar-refractivity contribution in [3.8, 4) is 0 Å². The van der Waals surface area contributed by atoms with E-state index in [1.807, 2.05) is 0 Å². The largest absolute Gasteiger partial charge is 0.378 e. The van der Waals surface area contributed by atoms with Gasteiger partial charge in [0.15, 0.2) is 0 Å². The Bertz CT molecular complexity index is 271. The van der Waals surface area contributed by atoms with Gasteiger partial charge < -0.3 is 4.74 Å². The van der Waals surface area contributed by atoms with Crippen LogP contribution in [0.2, 0.25) is 0 Å². The maximum Gasteiger partial charge on any atom is 0.0576 e. The third-order valence-corrected chi connectivity index (χ3v) is 5.27. The maximum atomic E-state index is 5.85. The average Bonchev–Trinajstić information content (AvgIpc) is 2.97. The van der Waals surface area contributed by atoms with Gasteiger partial charge in [0.05, 0.1) is 6.10 Å². The molecule has 0 aromatic carbocycles. The summed E-state index contributed by atoms with van der Waals surface area (Å²) >= 11 is 0. The molecule has 0 radical (unpaired) electrons. The molecule has 4 nitrogen and oxygen atoms in total. The minimum Gasteiger partial charge on any atom is -0.378 e. The van der Waals surface area contributed by atoms with Crippen LogP contribution in [0.25, 0.3) is 0 Å². The fourth-order valence-electron chi connectivity index (χ4n) is 3.75. The van der Waals surface area contributed by atoms with Gasteiger partial charge in [-0.25, -0.2) is 0 Å².